The number of carbonyl (C=O) groups is 3. The number of hydrogen-bond acceptors (Lipinski definition) is 4. The SMILES string of the molecule is O=C(CN1C(=O)CC(c2cccc(Oc3ccccc3)c2)NC1=O)NC1CCCC1. The molecule has 30 heavy (non-hydrogen) atoms. The van der Waals surface area contributed by atoms with Crippen molar-refractivity contribution >= 4 is 17.8 Å². The van der Waals surface area contributed by atoms with Gasteiger partial charge in [0.2, 0.25) is 11.8 Å². The summed E-state index contributed by atoms with van der Waals surface area (Å²) in [5, 5.41) is 5.75. The van der Waals surface area contributed by atoms with Gasteiger partial charge in [0.05, 0.1) is 12.5 Å². The summed E-state index contributed by atoms with van der Waals surface area (Å²) in [6.45, 7) is -0.245. The van der Waals surface area contributed by atoms with Gasteiger partial charge in [-0.15, -0.1) is 0 Å². The van der Waals surface area contributed by atoms with Crippen molar-refractivity contribution in [3.8, 4) is 11.5 Å². The Morgan fingerprint density at radius 2 is 1.77 bits per heavy atom. The first kappa shape index (κ1) is 19.9. The maximum atomic E-state index is 12.6. The Morgan fingerprint density at radius 1 is 1.03 bits per heavy atom. The first-order valence-electron chi connectivity index (χ1n) is 10.3. The van der Waals surface area contributed by atoms with Crippen molar-refractivity contribution in [3.05, 3.63) is 60.2 Å². The average Bonchev–Trinajstić information content (AvgIpc) is 3.24. The molecule has 4 amide bonds. The summed E-state index contributed by atoms with van der Waals surface area (Å²) < 4.78 is 5.84. The van der Waals surface area contributed by atoms with Crippen molar-refractivity contribution in [2.24, 2.45) is 0 Å². The number of hydrogen-bond donors (Lipinski definition) is 2. The molecular formula is C23H25N3O4. The van der Waals surface area contributed by atoms with Crippen LogP contribution in [0.3, 0.4) is 0 Å². The number of ether oxygens (including phenoxy) is 1. The van der Waals surface area contributed by atoms with Crippen LogP contribution in [0.4, 0.5) is 4.79 Å². The molecule has 2 fully saturated rings. The number of nitrogens with zero attached hydrogens (tertiary/aromatic N) is 1. The Balaban J connectivity index is 1.38. The van der Waals surface area contributed by atoms with E-state index in [1.165, 1.54) is 0 Å². The molecule has 1 saturated heterocycles. The number of benzene rings is 2. The second-order valence-electron chi connectivity index (χ2n) is 7.72. The van der Waals surface area contributed by atoms with Crippen LogP contribution < -0.4 is 15.4 Å². The van der Waals surface area contributed by atoms with Crippen molar-refractivity contribution < 1.29 is 19.1 Å². The molecule has 7 nitrogen and oxygen atoms in total. The summed E-state index contributed by atoms with van der Waals surface area (Å²) in [5.41, 5.74) is 0.778. The van der Waals surface area contributed by atoms with E-state index in [2.05, 4.69) is 10.6 Å². The molecule has 156 valence electrons. The Bertz CT molecular complexity index is 907. The molecule has 4 rings (SSSR count). The third-order valence-corrected chi connectivity index (χ3v) is 5.48. The van der Waals surface area contributed by atoms with Gasteiger partial charge in [0.25, 0.3) is 0 Å². The zero-order valence-corrected chi connectivity index (χ0v) is 16.7. The third kappa shape index (κ3) is 4.79. The Labute approximate surface area is 175 Å². The van der Waals surface area contributed by atoms with Crippen LogP contribution in [-0.2, 0) is 9.59 Å². The first-order chi connectivity index (χ1) is 14.6. The van der Waals surface area contributed by atoms with Gasteiger partial charge < -0.3 is 15.4 Å². The van der Waals surface area contributed by atoms with Crippen molar-refractivity contribution in [2.75, 3.05) is 6.54 Å². The van der Waals surface area contributed by atoms with E-state index in [1.54, 1.807) is 0 Å². The minimum Gasteiger partial charge on any atom is -0.457 e. The average molecular weight is 407 g/mol. The monoisotopic (exact) mass is 407 g/mol. The highest BCUT2D eigenvalue weighted by Gasteiger charge is 2.34. The lowest BCUT2D eigenvalue weighted by atomic mass is 10.0. The van der Waals surface area contributed by atoms with Gasteiger partial charge in [-0.1, -0.05) is 43.2 Å². The second-order valence-corrected chi connectivity index (χ2v) is 7.72. The highest BCUT2D eigenvalue weighted by atomic mass is 16.5. The molecule has 0 aromatic heterocycles. The lowest BCUT2D eigenvalue weighted by molar-refractivity contribution is -0.135. The molecule has 2 aromatic rings. The first-order valence-corrected chi connectivity index (χ1v) is 10.3. The highest BCUT2D eigenvalue weighted by molar-refractivity contribution is 6.00. The van der Waals surface area contributed by atoms with Gasteiger partial charge in [-0.3, -0.25) is 14.5 Å². The van der Waals surface area contributed by atoms with E-state index in [-0.39, 0.29) is 30.8 Å². The van der Waals surface area contributed by atoms with Crippen LogP contribution in [0.1, 0.15) is 43.7 Å². The molecular weight excluding hydrogens is 382 g/mol. The molecule has 7 heteroatoms. The molecule has 1 heterocycles. The van der Waals surface area contributed by atoms with Crippen LogP contribution in [0.5, 0.6) is 11.5 Å². The number of amides is 4. The van der Waals surface area contributed by atoms with Crippen LogP contribution in [0, 0.1) is 0 Å². The number of rotatable bonds is 6. The second kappa shape index (κ2) is 8.98. The zero-order valence-electron chi connectivity index (χ0n) is 16.7. The molecule has 2 aliphatic rings. The van der Waals surface area contributed by atoms with E-state index >= 15 is 0 Å². The fourth-order valence-electron chi connectivity index (χ4n) is 3.94. The molecule has 1 saturated carbocycles. The topological polar surface area (TPSA) is 87.7 Å². The lowest BCUT2D eigenvalue weighted by Crippen LogP contribution is -2.54. The molecule has 2 N–H and O–H groups in total. The molecule has 0 radical (unpaired) electrons. The molecule has 1 unspecified atom stereocenters. The molecule has 0 bridgehead atoms. The van der Waals surface area contributed by atoms with Crippen LogP contribution >= 0.6 is 0 Å². The van der Waals surface area contributed by atoms with E-state index < -0.39 is 12.1 Å². The van der Waals surface area contributed by atoms with Gasteiger partial charge in [-0.05, 0) is 42.7 Å². The third-order valence-electron chi connectivity index (χ3n) is 5.48. The van der Waals surface area contributed by atoms with Gasteiger partial charge in [0.15, 0.2) is 0 Å². The number of nitrogens with one attached hydrogen (secondary N) is 2. The van der Waals surface area contributed by atoms with Crippen molar-refractivity contribution in [1.82, 2.24) is 15.5 Å². The van der Waals surface area contributed by atoms with E-state index in [0.29, 0.717) is 11.5 Å². The van der Waals surface area contributed by atoms with Gasteiger partial charge in [0, 0.05) is 6.04 Å². The Kier molecular flexibility index (Phi) is 5.97. The normalized spacial score (nSPS) is 19.5. The number of urea groups is 1. The zero-order chi connectivity index (χ0) is 20.9. The summed E-state index contributed by atoms with van der Waals surface area (Å²) >= 11 is 0. The number of carbonyl (C=O) groups excluding carboxylic acids is 3. The van der Waals surface area contributed by atoms with Gasteiger partial charge >= 0.3 is 6.03 Å². The van der Waals surface area contributed by atoms with Gasteiger partial charge in [0.1, 0.15) is 18.0 Å². The van der Waals surface area contributed by atoms with Gasteiger partial charge in [-0.25, -0.2) is 4.79 Å². The summed E-state index contributed by atoms with van der Waals surface area (Å²) in [6.07, 6.45) is 4.20. The summed E-state index contributed by atoms with van der Waals surface area (Å²) in [4.78, 5) is 38.3. The van der Waals surface area contributed by atoms with Crippen molar-refractivity contribution in [3.63, 3.8) is 0 Å². The largest absolute Gasteiger partial charge is 0.457 e. The molecule has 0 spiro atoms. The summed E-state index contributed by atoms with van der Waals surface area (Å²) in [5.74, 6) is 0.679. The minimum atomic E-state index is -0.549. The van der Waals surface area contributed by atoms with Crippen LogP contribution in [0.15, 0.2) is 54.6 Å². The van der Waals surface area contributed by atoms with Crippen LogP contribution in [0.25, 0.3) is 0 Å². The Morgan fingerprint density at radius 3 is 2.50 bits per heavy atom. The van der Waals surface area contributed by atoms with E-state index in [0.717, 1.165) is 36.1 Å². The molecule has 1 aliphatic heterocycles. The molecule has 1 aliphatic carbocycles. The maximum absolute atomic E-state index is 12.6. The van der Waals surface area contributed by atoms with Crippen molar-refractivity contribution in [1.29, 1.82) is 0 Å². The smallest absolute Gasteiger partial charge is 0.325 e. The molecule has 1 atom stereocenters. The quantitative estimate of drug-likeness (QED) is 0.767. The number of imide groups is 1. The molecule has 2 aromatic carbocycles. The summed E-state index contributed by atoms with van der Waals surface area (Å²) in [7, 11) is 0. The van der Waals surface area contributed by atoms with Crippen LogP contribution in [-0.4, -0.2) is 35.3 Å². The predicted octanol–water partition coefficient (Wildman–Crippen LogP) is 3.52. The van der Waals surface area contributed by atoms with E-state index in [4.69, 9.17) is 4.74 Å². The highest BCUT2D eigenvalue weighted by Crippen LogP contribution is 2.28. The van der Waals surface area contributed by atoms with E-state index in [1.807, 2.05) is 54.6 Å². The van der Waals surface area contributed by atoms with Crippen LogP contribution in [0.2, 0.25) is 0 Å². The van der Waals surface area contributed by atoms with Crippen molar-refractivity contribution in [2.45, 2.75) is 44.2 Å². The predicted molar refractivity (Wildman–Crippen MR) is 111 cm³/mol. The van der Waals surface area contributed by atoms with Gasteiger partial charge in [-0.2, -0.15) is 0 Å². The lowest BCUT2D eigenvalue weighted by Gasteiger charge is -2.31. The standard InChI is InChI=1S/C23H25N3O4/c27-21(24-17-8-4-5-9-17)15-26-22(28)14-20(25-23(26)29)16-7-6-12-19(13-16)30-18-10-2-1-3-11-18/h1-3,6-7,10-13,17,20H,4-5,8-9,14-15H2,(H,24,27)(H,25,29). The minimum absolute atomic E-state index is 0.0945. The van der Waals surface area contributed by atoms with E-state index in [9.17, 15) is 14.4 Å². The fourth-order valence-corrected chi connectivity index (χ4v) is 3.94. The number of para-hydroxylation sites is 1. The Hall–Kier alpha value is -3.35. The maximum Gasteiger partial charge on any atom is 0.325 e. The fraction of sp³-hybridized carbons (Fsp3) is 0.348. The summed E-state index contributed by atoms with van der Waals surface area (Å²) in [6, 6.07) is 15.8.